The number of benzene rings is 1. The predicted octanol–water partition coefficient (Wildman–Crippen LogP) is 2.73. The van der Waals surface area contributed by atoms with Crippen LogP contribution in [0.1, 0.15) is 5.56 Å². The largest absolute Gasteiger partial charge is 0.506 e. The van der Waals surface area contributed by atoms with E-state index in [2.05, 4.69) is 10.3 Å². The summed E-state index contributed by atoms with van der Waals surface area (Å²) < 4.78 is 37.5. The molecule has 0 aliphatic carbocycles. The normalized spacial score (nSPS) is 11.8. The lowest BCUT2D eigenvalue weighted by Crippen LogP contribution is -2.19. The van der Waals surface area contributed by atoms with Gasteiger partial charge in [0.15, 0.2) is 0 Å². The van der Waals surface area contributed by atoms with Crippen LogP contribution in [0.5, 0.6) is 0 Å². The molecule has 0 aliphatic rings. The Kier molecular flexibility index (Phi) is 2.41. The maximum atomic E-state index is 12.5. The van der Waals surface area contributed by atoms with E-state index in [1.54, 1.807) is 24.3 Å². The van der Waals surface area contributed by atoms with Gasteiger partial charge in [0.25, 0.3) is 0 Å². The molecule has 16 heavy (non-hydrogen) atoms. The third-order valence-electron chi connectivity index (χ3n) is 2.14. The molecule has 1 aromatic carbocycles. The number of aromatic nitrogens is 3. The van der Waals surface area contributed by atoms with Crippen molar-refractivity contribution in [2.24, 2.45) is 0 Å². The highest BCUT2D eigenvalue weighted by atomic mass is 19.4. The highest BCUT2D eigenvalue weighted by molar-refractivity contribution is 5.58. The summed E-state index contributed by atoms with van der Waals surface area (Å²) >= 11 is 0. The third kappa shape index (κ3) is 1.91. The molecule has 2 rings (SSSR count). The van der Waals surface area contributed by atoms with Crippen molar-refractivity contribution >= 4 is 0 Å². The number of rotatable bonds is 1. The van der Waals surface area contributed by atoms with Crippen LogP contribution in [-0.2, 0) is 6.30 Å². The molecule has 0 atom stereocenters. The quantitative estimate of drug-likeness (QED) is 0.749. The summed E-state index contributed by atoms with van der Waals surface area (Å²) in [6.07, 6.45) is -3.45. The summed E-state index contributed by atoms with van der Waals surface area (Å²) in [6, 6.07) is 6.69. The second-order valence-corrected chi connectivity index (χ2v) is 3.36. The van der Waals surface area contributed by atoms with E-state index < -0.39 is 6.30 Å². The maximum absolute atomic E-state index is 12.5. The van der Waals surface area contributed by atoms with Gasteiger partial charge in [-0.05, 0) is 6.92 Å². The van der Waals surface area contributed by atoms with E-state index in [0.29, 0.717) is 5.56 Å². The predicted molar refractivity (Wildman–Crippen MR) is 51.5 cm³/mol. The molecule has 0 fully saturated rings. The molecule has 1 heterocycles. The van der Waals surface area contributed by atoms with Crippen molar-refractivity contribution in [3.05, 3.63) is 36.0 Å². The first-order chi connectivity index (χ1) is 7.48. The van der Waals surface area contributed by atoms with Crippen LogP contribution in [0.2, 0.25) is 0 Å². The Bertz CT molecular complexity index is 485. The van der Waals surface area contributed by atoms with Crippen LogP contribution in [0.3, 0.4) is 0 Å². The molecule has 0 saturated heterocycles. The molecule has 0 unspecified atom stereocenters. The molecule has 1 aromatic heterocycles. The Morgan fingerprint density at radius 3 is 2.31 bits per heavy atom. The smallest absolute Gasteiger partial charge is 0.150 e. The van der Waals surface area contributed by atoms with Gasteiger partial charge in [-0.1, -0.05) is 35.0 Å². The van der Waals surface area contributed by atoms with E-state index in [0.717, 1.165) is 11.8 Å². The monoisotopic (exact) mass is 227 g/mol. The van der Waals surface area contributed by atoms with Crippen LogP contribution < -0.4 is 0 Å². The van der Waals surface area contributed by atoms with Crippen molar-refractivity contribution in [1.82, 2.24) is 15.0 Å². The summed E-state index contributed by atoms with van der Waals surface area (Å²) in [5, 5.41) is 6.31. The van der Waals surface area contributed by atoms with Crippen molar-refractivity contribution in [2.45, 2.75) is 13.2 Å². The van der Waals surface area contributed by atoms with Crippen molar-refractivity contribution in [3.8, 4) is 11.3 Å². The number of halogens is 3. The van der Waals surface area contributed by atoms with Crippen molar-refractivity contribution in [3.63, 3.8) is 0 Å². The number of nitrogens with zero attached hydrogens (tertiary/aromatic N) is 3. The van der Waals surface area contributed by atoms with Crippen LogP contribution in [-0.4, -0.2) is 15.0 Å². The van der Waals surface area contributed by atoms with E-state index in [1.165, 1.54) is 0 Å². The van der Waals surface area contributed by atoms with Crippen LogP contribution in [0, 0.1) is 6.92 Å². The highest BCUT2D eigenvalue weighted by Gasteiger charge is 2.34. The minimum absolute atomic E-state index is 0.0440. The fourth-order valence-electron chi connectivity index (χ4n) is 1.34. The van der Waals surface area contributed by atoms with E-state index in [9.17, 15) is 13.2 Å². The topological polar surface area (TPSA) is 30.7 Å². The Morgan fingerprint density at radius 2 is 1.75 bits per heavy atom. The van der Waals surface area contributed by atoms with Crippen molar-refractivity contribution in [1.29, 1.82) is 0 Å². The molecule has 2 aromatic rings. The zero-order valence-electron chi connectivity index (χ0n) is 8.36. The SMILES string of the molecule is Cc1ccc(-c2cnnn2C(F)(F)F)cc1. The molecular formula is C10H8F3N3. The summed E-state index contributed by atoms with van der Waals surface area (Å²) in [6.45, 7) is 1.86. The number of alkyl halides is 3. The van der Waals surface area contributed by atoms with E-state index in [1.807, 2.05) is 6.92 Å². The fourth-order valence-corrected chi connectivity index (χ4v) is 1.34. The lowest BCUT2D eigenvalue weighted by Gasteiger charge is -2.09. The van der Waals surface area contributed by atoms with E-state index >= 15 is 0 Å². The molecule has 0 bridgehead atoms. The Balaban J connectivity index is 2.49. The Morgan fingerprint density at radius 1 is 1.12 bits per heavy atom. The van der Waals surface area contributed by atoms with Gasteiger partial charge in [0, 0.05) is 5.56 Å². The molecular weight excluding hydrogens is 219 g/mol. The Labute approximate surface area is 89.5 Å². The minimum atomic E-state index is -4.54. The lowest BCUT2D eigenvalue weighted by atomic mass is 10.1. The average Bonchev–Trinajstić information content (AvgIpc) is 2.66. The summed E-state index contributed by atoms with van der Waals surface area (Å²) in [7, 11) is 0. The summed E-state index contributed by atoms with van der Waals surface area (Å²) in [5.41, 5.74) is 1.36. The van der Waals surface area contributed by atoms with Crippen LogP contribution >= 0.6 is 0 Å². The number of hydrogen-bond donors (Lipinski definition) is 0. The minimum Gasteiger partial charge on any atom is -0.150 e. The first-order valence-electron chi connectivity index (χ1n) is 4.53. The van der Waals surface area contributed by atoms with Gasteiger partial charge in [-0.2, -0.15) is 4.68 Å². The first-order valence-corrected chi connectivity index (χ1v) is 4.53. The number of hydrogen-bond acceptors (Lipinski definition) is 2. The van der Waals surface area contributed by atoms with Gasteiger partial charge in [-0.15, -0.1) is 18.3 Å². The molecule has 0 radical (unpaired) electrons. The summed E-state index contributed by atoms with van der Waals surface area (Å²) in [5.74, 6) is 0. The summed E-state index contributed by atoms with van der Waals surface area (Å²) in [4.78, 5) is 0. The van der Waals surface area contributed by atoms with Crippen molar-refractivity contribution in [2.75, 3.05) is 0 Å². The van der Waals surface area contributed by atoms with Gasteiger partial charge in [0.05, 0.1) is 11.9 Å². The second kappa shape index (κ2) is 3.62. The maximum Gasteiger partial charge on any atom is 0.506 e. The fraction of sp³-hybridized carbons (Fsp3) is 0.200. The van der Waals surface area contributed by atoms with Gasteiger partial charge < -0.3 is 0 Å². The molecule has 0 spiro atoms. The zero-order valence-corrected chi connectivity index (χ0v) is 8.36. The van der Waals surface area contributed by atoms with Gasteiger partial charge in [-0.25, -0.2) is 0 Å². The van der Waals surface area contributed by atoms with Crippen molar-refractivity contribution < 1.29 is 13.2 Å². The van der Waals surface area contributed by atoms with E-state index in [4.69, 9.17) is 0 Å². The van der Waals surface area contributed by atoms with Gasteiger partial charge in [-0.3, -0.25) is 0 Å². The Hall–Kier alpha value is -1.85. The van der Waals surface area contributed by atoms with Gasteiger partial charge in [0.2, 0.25) is 0 Å². The van der Waals surface area contributed by atoms with E-state index in [-0.39, 0.29) is 10.4 Å². The lowest BCUT2D eigenvalue weighted by molar-refractivity contribution is -0.211. The van der Waals surface area contributed by atoms with Crippen LogP contribution in [0.4, 0.5) is 13.2 Å². The van der Waals surface area contributed by atoms with Crippen LogP contribution in [0.25, 0.3) is 11.3 Å². The van der Waals surface area contributed by atoms with Crippen LogP contribution in [0.15, 0.2) is 30.5 Å². The molecule has 0 aliphatic heterocycles. The number of aryl methyl sites for hydroxylation is 1. The average molecular weight is 227 g/mol. The standard InChI is InChI=1S/C10H8F3N3/c1-7-2-4-8(5-3-7)9-6-14-15-16(9)10(11,12)13/h2-6H,1H3. The third-order valence-corrected chi connectivity index (χ3v) is 2.14. The molecule has 0 N–H and O–H groups in total. The highest BCUT2D eigenvalue weighted by Crippen LogP contribution is 2.28. The zero-order chi connectivity index (χ0) is 11.8. The first kappa shape index (κ1) is 10.7. The molecule has 84 valence electrons. The molecule has 6 heteroatoms. The second-order valence-electron chi connectivity index (χ2n) is 3.36. The molecule has 0 saturated carbocycles. The van der Waals surface area contributed by atoms with Gasteiger partial charge >= 0.3 is 6.30 Å². The molecule has 0 amide bonds. The molecule has 3 nitrogen and oxygen atoms in total. The van der Waals surface area contributed by atoms with Gasteiger partial charge in [0.1, 0.15) is 0 Å².